The van der Waals surface area contributed by atoms with Crippen molar-refractivity contribution in [3.8, 4) is 17.6 Å². The highest BCUT2D eigenvalue weighted by molar-refractivity contribution is 5.74. The van der Waals surface area contributed by atoms with Crippen molar-refractivity contribution in [1.82, 2.24) is 0 Å². The Bertz CT molecular complexity index is 690. The van der Waals surface area contributed by atoms with Gasteiger partial charge in [0.15, 0.2) is 6.61 Å². The van der Waals surface area contributed by atoms with Gasteiger partial charge in [-0.2, -0.15) is 5.26 Å². The average molecular weight is 285 g/mol. The molecule has 2 rings (SSSR count). The van der Waals surface area contributed by atoms with Crippen molar-refractivity contribution in [2.45, 2.75) is 6.92 Å². The third-order valence-electron chi connectivity index (χ3n) is 2.67. The predicted octanol–water partition coefficient (Wildman–Crippen LogP) is 2.99. The van der Waals surface area contributed by atoms with Gasteiger partial charge in [0.25, 0.3) is 0 Å². The van der Waals surface area contributed by atoms with Gasteiger partial charge in [-0.15, -0.1) is 0 Å². The lowest BCUT2D eigenvalue weighted by atomic mass is 10.2. The van der Waals surface area contributed by atoms with E-state index in [1.54, 1.807) is 18.2 Å². The highest BCUT2D eigenvalue weighted by atomic mass is 19.1. The summed E-state index contributed by atoms with van der Waals surface area (Å²) >= 11 is 0. The van der Waals surface area contributed by atoms with Crippen LogP contribution in [0.5, 0.6) is 11.5 Å². The summed E-state index contributed by atoms with van der Waals surface area (Å²) in [5.74, 6) is -0.811. The molecule has 0 amide bonds. The van der Waals surface area contributed by atoms with Crippen molar-refractivity contribution in [3.63, 3.8) is 0 Å². The Morgan fingerprint density at radius 1 is 1.19 bits per heavy atom. The van der Waals surface area contributed by atoms with Crippen LogP contribution in [0.2, 0.25) is 0 Å². The van der Waals surface area contributed by atoms with Crippen LogP contribution in [0.4, 0.5) is 4.39 Å². The van der Waals surface area contributed by atoms with Crippen LogP contribution in [0.15, 0.2) is 42.5 Å². The second kappa shape index (κ2) is 6.53. The van der Waals surface area contributed by atoms with Gasteiger partial charge in [0.1, 0.15) is 23.4 Å². The van der Waals surface area contributed by atoms with Gasteiger partial charge < -0.3 is 9.47 Å². The van der Waals surface area contributed by atoms with E-state index in [0.29, 0.717) is 5.75 Å². The van der Waals surface area contributed by atoms with E-state index in [2.05, 4.69) is 0 Å². The molecule has 2 aromatic rings. The molecule has 106 valence electrons. The molecule has 2 aromatic carbocycles. The Kier molecular flexibility index (Phi) is 4.52. The van der Waals surface area contributed by atoms with Crippen molar-refractivity contribution in [3.05, 3.63) is 59.4 Å². The Labute approximate surface area is 121 Å². The maximum Gasteiger partial charge on any atom is 0.349 e. The second-order valence-corrected chi connectivity index (χ2v) is 4.33. The summed E-state index contributed by atoms with van der Waals surface area (Å²) in [6, 6.07) is 12.5. The molecule has 5 heteroatoms. The molecule has 0 radical (unpaired) electrons. The fourth-order valence-electron chi connectivity index (χ4n) is 1.59. The standard InChI is InChI=1S/C16H12FNO3/c1-11-2-5-13(6-3-11)20-10-16(19)21-14-7-4-12(9-18)15(17)8-14/h2-8H,10H2,1H3. The second-order valence-electron chi connectivity index (χ2n) is 4.33. The zero-order valence-electron chi connectivity index (χ0n) is 11.3. The molecule has 0 N–H and O–H groups in total. The minimum atomic E-state index is -0.734. The summed E-state index contributed by atoms with van der Waals surface area (Å²) < 4.78 is 23.5. The predicted molar refractivity (Wildman–Crippen MR) is 73.4 cm³/mol. The number of esters is 1. The number of aryl methyl sites for hydroxylation is 1. The lowest BCUT2D eigenvalue weighted by molar-refractivity contribution is -0.136. The van der Waals surface area contributed by atoms with Gasteiger partial charge in [-0.1, -0.05) is 17.7 Å². The minimum Gasteiger partial charge on any atom is -0.482 e. The fraction of sp³-hybridized carbons (Fsp3) is 0.125. The van der Waals surface area contributed by atoms with Crippen molar-refractivity contribution in [1.29, 1.82) is 5.26 Å². The summed E-state index contributed by atoms with van der Waals surface area (Å²) in [5, 5.41) is 8.60. The fourth-order valence-corrected chi connectivity index (χ4v) is 1.59. The van der Waals surface area contributed by atoms with Gasteiger partial charge >= 0.3 is 5.97 Å². The van der Waals surface area contributed by atoms with Gasteiger partial charge in [-0.25, -0.2) is 9.18 Å². The minimum absolute atomic E-state index is 0.0315. The van der Waals surface area contributed by atoms with E-state index in [4.69, 9.17) is 14.7 Å². The first-order valence-corrected chi connectivity index (χ1v) is 6.18. The average Bonchev–Trinajstić information content (AvgIpc) is 2.47. The molecule has 0 aromatic heterocycles. The Hall–Kier alpha value is -2.87. The highest BCUT2D eigenvalue weighted by Gasteiger charge is 2.09. The number of hydrogen-bond donors (Lipinski definition) is 0. The first kappa shape index (κ1) is 14.5. The van der Waals surface area contributed by atoms with Gasteiger partial charge in [0, 0.05) is 6.07 Å². The lowest BCUT2D eigenvalue weighted by Gasteiger charge is -2.07. The van der Waals surface area contributed by atoms with Crippen molar-refractivity contribution in [2.24, 2.45) is 0 Å². The number of rotatable bonds is 4. The smallest absolute Gasteiger partial charge is 0.349 e. The van der Waals surface area contributed by atoms with Crippen LogP contribution in [0.1, 0.15) is 11.1 Å². The Morgan fingerprint density at radius 2 is 1.86 bits per heavy atom. The number of hydrogen-bond acceptors (Lipinski definition) is 4. The first-order valence-electron chi connectivity index (χ1n) is 6.18. The molecular formula is C16H12FNO3. The van der Waals surface area contributed by atoms with Crippen molar-refractivity contribution < 1.29 is 18.7 Å². The monoisotopic (exact) mass is 285 g/mol. The van der Waals surface area contributed by atoms with E-state index in [1.165, 1.54) is 12.1 Å². The van der Waals surface area contributed by atoms with Crippen LogP contribution >= 0.6 is 0 Å². The van der Waals surface area contributed by atoms with E-state index in [-0.39, 0.29) is 17.9 Å². The van der Waals surface area contributed by atoms with Crippen LogP contribution in [-0.4, -0.2) is 12.6 Å². The molecule has 0 atom stereocenters. The molecule has 0 saturated heterocycles. The summed E-state index contributed by atoms with van der Waals surface area (Å²) in [6.45, 7) is 1.65. The van der Waals surface area contributed by atoms with Gasteiger partial charge in [-0.3, -0.25) is 0 Å². The van der Waals surface area contributed by atoms with E-state index in [9.17, 15) is 9.18 Å². The molecule has 0 fully saturated rings. The topological polar surface area (TPSA) is 59.3 Å². The molecule has 0 aliphatic rings. The third-order valence-corrected chi connectivity index (χ3v) is 2.67. The summed E-state index contributed by atoms with van der Waals surface area (Å²) in [5.41, 5.74) is 0.976. The zero-order chi connectivity index (χ0) is 15.2. The maximum atomic E-state index is 13.3. The van der Waals surface area contributed by atoms with Crippen LogP contribution in [0.25, 0.3) is 0 Å². The number of nitrogens with zero attached hydrogens (tertiary/aromatic N) is 1. The summed E-state index contributed by atoms with van der Waals surface area (Å²) in [6.07, 6.45) is 0. The van der Waals surface area contributed by atoms with Crippen molar-refractivity contribution >= 4 is 5.97 Å². The maximum absolute atomic E-state index is 13.3. The molecular weight excluding hydrogens is 273 g/mol. The highest BCUT2D eigenvalue weighted by Crippen LogP contribution is 2.16. The number of carbonyl (C=O) groups is 1. The van der Waals surface area contributed by atoms with E-state index in [0.717, 1.165) is 11.6 Å². The third kappa shape index (κ3) is 4.05. The number of benzene rings is 2. The molecule has 0 saturated carbocycles. The normalized spacial score (nSPS) is 9.76. The van der Waals surface area contributed by atoms with E-state index >= 15 is 0 Å². The summed E-state index contributed by atoms with van der Waals surface area (Å²) in [4.78, 5) is 11.6. The SMILES string of the molecule is Cc1ccc(OCC(=O)Oc2ccc(C#N)c(F)c2)cc1. The Balaban J connectivity index is 1.91. The molecule has 21 heavy (non-hydrogen) atoms. The molecule has 0 aliphatic heterocycles. The zero-order valence-corrected chi connectivity index (χ0v) is 11.3. The number of nitriles is 1. The van der Waals surface area contributed by atoms with Crippen LogP contribution in [0.3, 0.4) is 0 Å². The van der Waals surface area contributed by atoms with E-state index < -0.39 is 11.8 Å². The molecule has 0 bridgehead atoms. The largest absolute Gasteiger partial charge is 0.482 e. The number of halogens is 1. The van der Waals surface area contributed by atoms with Crippen LogP contribution in [0, 0.1) is 24.1 Å². The lowest BCUT2D eigenvalue weighted by Crippen LogP contribution is -2.17. The van der Waals surface area contributed by atoms with Crippen LogP contribution in [-0.2, 0) is 4.79 Å². The molecule has 0 unspecified atom stereocenters. The number of ether oxygens (including phenoxy) is 2. The molecule has 4 nitrogen and oxygen atoms in total. The van der Waals surface area contributed by atoms with Gasteiger partial charge in [0.05, 0.1) is 5.56 Å². The molecule has 0 aliphatic carbocycles. The number of carbonyl (C=O) groups excluding carboxylic acids is 1. The van der Waals surface area contributed by atoms with Crippen LogP contribution < -0.4 is 9.47 Å². The van der Waals surface area contributed by atoms with Crippen molar-refractivity contribution in [2.75, 3.05) is 6.61 Å². The summed E-state index contributed by atoms with van der Waals surface area (Å²) in [7, 11) is 0. The molecule has 0 heterocycles. The van der Waals surface area contributed by atoms with E-state index in [1.807, 2.05) is 19.1 Å². The van der Waals surface area contributed by atoms with Gasteiger partial charge in [0.2, 0.25) is 0 Å². The quantitative estimate of drug-likeness (QED) is 0.640. The van der Waals surface area contributed by atoms with Gasteiger partial charge in [-0.05, 0) is 31.2 Å². The Morgan fingerprint density at radius 3 is 2.48 bits per heavy atom. The first-order chi connectivity index (χ1) is 10.1. The molecule has 0 spiro atoms.